The molecule has 148 valence electrons. The molecule has 2 N–H and O–H groups in total. The Morgan fingerprint density at radius 1 is 1.30 bits per heavy atom. The van der Waals surface area contributed by atoms with E-state index in [2.05, 4.69) is 16.0 Å². The average molecular weight is 417 g/mol. The van der Waals surface area contributed by atoms with E-state index in [4.69, 9.17) is 10.5 Å². The van der Waals surface area contributed by atoms with Crippen molar-refractivity contribution in [1.82, 2.24) is 14.5 Å². The number of esters is 1. The normalized spacial score (nSPS) is 16.2. The van der Waals surface area contributed by atoms with Crippen molar-refractivity contribution < 1.29 is 9.53 Å². The van der Waals surface area contributed by atoms with E-state index in [1.165, 1.54) is 11.7 Å². The van der Waals surface area contributed by atoms with E-state index in [-0.39, 0.29) is 17.0 Å². The Hall–Kier alpha value is -4.03. The SMILES string of the molecule is COC(=O)C1=c2sc(=Cc3cccnc3)c(=O)n2C(N)=C(C#N)C1c1cccnc1. The molecule has 8 nitrogen and oxygen atoms in total. The van der Waals surface area contributed by atoms with Crippen LogP contribution >= 0.6 is 11.3 Å². The van der Waals surface area contributed by atoms with Crippen LogP contribution in [0.25, 0.3) is 17.5 Å². The molecule has 0 aromatic carbocycles. The van der Waals surface area contributed by atoms with Gasteiger partial charge in [-0.3, -0.25) is 19.3 Å². The minimum atomic E-state index is -0.791. The highest BCUT2D eigenvalue weighted by Crippen LogP contribution is 2.35. The highest BCUT2D eigenvalue weighted by Gasteiger charge is 2.36. The predicted octanol–water partition coefficient (Wildman–Crippen LogP) is 0.301. The van der Waals surface area contributed by atoms with Crippen LogP contribution in [0.2, 0.25) is 0 Å². The first-order chi connectivity index (χ1) is 14.6. The third-order valence-corrected chi connectivity index (χ3v) is 5.78. The summed E-state index contributed by atoms with van der Waals surface area (Å²) in [5.74, 6) is -1.45. The van der Waals surface area contributed by atoms with Gasteiger partial charge < -0.3 is 10.5 Å². The smallest absolute Gasteiger partial charge is 0.337 e. The summed E-state index contributed by atoms with van der Waals surface area (Å²) >= 11 is 1.11. The highest BCUT2D eigenvalue weighted by molar-refractivity contribution is 7.07. The Kier molecular flexibility index (Phi) is 5.00. The molecule has 0 amide bonds. The first-order valence-corrected chi connectivity index (χ1v) is 9.64. The van der Waals surface area contributed by atoms with Gasteiger partial charge in [-0.15, -0.1) is 11.3 Å². The Morgan fingerprint density at radius 3 is 2.63 bits per heavy atom. The molecular formula is C21H15N5O3S. The standard InChI is InChI=1S/C21H15N5O3S/c1-29-21(28)17-16(13-5-3-7-25-11-13)14(9-22)18(23)26-19(27)15(30-20(17)26)8-12-4-2-6-24-10-12/h2-8,10-11,16H,23H2,1H3. The van der Waals surface area contributed by atoms with Gasteiger partial charge in [0.25, 0.3) is 5.56 Å². The number of rotatable bonds is 3. The van der Waals surface area contributed by atoms with Crippen LogP contribution in [0.4, 0.5) is 0 Å². The van der Waals surface area contributed by atoms with Crippen LogP contribution in [-0.2, 0) is 9.53 Å². The number of allylic oxidation sites excluding steroid dienone is 1. The highest BCUT2D eigenvalue weighted by atomic mass is 32.1. The Labute approximate surface area is 174 Å². The van der Waals surface area contributed by atoms with Crippen LogP contribution in [-0.4, -0.2) is 27.6 Å². The fraction of sp³-hybridized carbons (Fsp3) is 0.0952. The van der Waals surface area contributed by atoms with E-state index >= 15 is 0 Å². The number of nitrogens with two attached hydrogens (primary N) is 1. The Morgan fingerprint density at radius 2 is 2.03 bits per heavy atom. The van der Waals surface area contributed by atoms with Crippen LogP contribution < -0.4 is 20.5 Å². The lowest BCUT2D eigenvalue weighted by atomic mass is 9.84. The van der Waals surface area contributed by atoms with Crippen LogP contribution in [0.3, 0.4) is 0 Å². The number of fused-ring (bicyclic) bond motifs is 1. The van der Waals surface area contributed by atoms with Gasteiger partial charge in [0.05, 0.1) is 34.8 Å². The first kappa shape index (κ1) is 19.3. The van der Waals surface area contributed by atoms with Crippen LogP contribution in [0, 0.1) is 11.3 Å². The molecule has 0 aliphatic carbocycles. The molecule has 0 radical (unpaired) electrons. The average Bonchev–Trinajstić information content (AvgIpc) is 3.10. The molecule has 30 heavy (non-hydrogen) atoms. The zero-order valence-electron chi connectivity index (χ0n) is 15.8. The second-order valence-corrected chi connectivity index (χ2v) is 7.41. The molecule has 0 fully saturated rings. The van der Waals surface area contributed by atoms with Gasteiger partial charge in [0.2, 0.25) is 0 Å². The first-order valence-electron chi connectivity index (χ1n) is 8.83. The largest absolute Gasteiger partial charge is 0.466 e. The van der Waals surface area contributed by atoms with Gasteiger partial charge >= 0.3 is 5.97 Å². The maximum absolute atomic E-state index is 13.1. The lowest BCUT2D eigenvalue weighted by molar-refractivity contribution is -0.134. The monoisotopic (exact) mass is 417 g/mol. The zero-order chi connectivity index (χ0) is 21.3. The fourth-order valence-corrected chi connectivity index (χ4v) is 4.51. The predicted molar refractivity (Wildman–Crippen MR) is 111 cm³/mol. The number of methoxy groups -OCH3 is 1. The lowest BCUT2D eigenvalue weighted by Gasteiger charge is -2.24. The van der Waals surface area contributed by atoms with Gasteiger partial charge in [-0.25, -0.2) is 4.79 Å². The van der Waals surface area contributed by atoms with Crippen molar-refractivity contribution in [2.24, 2.45) is 5.73 Å². The van der Waals surface area contributed by atoms with Gasteiger partial charge in [0.15, 0.2) is 0 Å². The molecule has 1 aliphatic heterocycles. The van der Waals surface area contributed by atoms with Crippen molar-refractivity contribution in [2.45, 2.75) is 5.92 Å². The summed E-state index contributed by atoms with van der Waals surface area (Å²) in [5.41, 5.74) is 7.41. The lowest BCUT2D eigenvalue weighted by Crippen LogP contribution is -2.40. The summed E-state index contributed by atoms with van der Waals surface area (Å²) in [6.45, 7) is 0. The van der Waals surface area contributed by atoms with Crippen molar-refractivity contribution in [3.05, 3.63) is 85.3 Å². The van der Waals surface area contributed by atoms with Crippen LogP contribution in [0.5, 0.6) is 0 Å². The topological polar surface area (TPSA) is 124 Å². The van der Waals surface area contributed by atoms with Crippen molar-refractivity contribution in [3.63, 3.8) is 0 Å². The molecule has 4 heterocycles. The summed E-state index contributed by atoms with van der Waals surface area (Å²) in [6, 6.07) is 9.07. The van der Waals surface area contributed by atoms with E-state index in [9.17, 15) is 14.9 Å². The number of hydrogen-bond donors (Lipinski definition) is 1. The summed E-state index contributed by atoms with van der Waals surface area (Å²) in [7, 11) is 1.25. The molecule has 0 saturated heterocycles. The second kappa shape index (κ2) is 7.77. The minimum Gasteiger partial charge on any atom is -0.466 e. The van der Waals surface area contributed by atoms with E-state index in [1.807, 2.05) is 0 Å². The third-order valence-electron chi connectivity index (χ3n) is 4.67. The maximum Gasteiger partial charge on any atom is 0.337 e. The zero-order valence-corrected chi connectivity index (χ0v) is 16.6. The van der Waals surface area contributed by atoms with E-state index in [0.717, 1.165) is 16.9 Å². The quantitative estimate of drug-likeness (QED) is 0.608. The van der Waals surface area contributed by atoms with Crippen molar-refractivity contribution in [3.8, 4) is 6.07 Å². The molecular weight excluding hydrogens is 402 g/mol. The Bertz CT molecular complexity index is 1380. The number of ether oxygens (including phenoxy) is 1. The summed E-state index contributed by atoms with van der Waals surface area (Å²) < 4.78 is 6.87. The van der Waals surface area contributed by atoms with Crippen molar-refractivity contribution >= 4 is 34.8 Å². The van der Waals surface area contributed by atoms with Gasteiger partial charge in [-0.1, -0.05) is 12.1 Å². The number of nitrogens with zero attached hydrogens (tertiary/aromatic N) is 4. The molecule has 3 aromatic heterocycles. The minimum absolute atomic E-state index is 0.0129. The summed E-state index contributed by atoms with van der Waals surface area (Å²) in [6.07, 6.45) is 8.06. The van der Waals surface area contributed by atoms with E-state index in [0.29, 0.717) is 14.8 Å². The number of aromatic nitrogens is 3. The number of hydrogen-bond acceptors (Lipinski definition) is 8. The molecule has 1 unspecified atom stereocenters. The van der Waals surface area contributed by atoms with Crippen LogP contribution in [0.15, 0.2) is 59.4 Å². The number of thiazole rings is 1. The number of carbonyl (C=O) groups is 1. The van der Waals surface area contributed by atoms with Gasteiger partial charge in [-0.2, -0.15) is 5.26 Å². The number of nitriles is 1. The van der Waals surface area contributed by atoms with Crippen molar-refractivity contribution in [2.75, 3.05) is 7.11 Å². The Balaban J connectivity index is 2.12. The molecule has 1 atom stereocenters. The van der Waals surface area contributed by atoms with Gasteiger partial charge in [0.1, 0.15) is 10.5 Å². The molecule has 0 spiro atoms. The number of pyridine rings is 2. The van der Waals surface area contributed by atoms with Gasteiger partial charge in [0, 0.05) is 24.8 Å². The van der Waals surface area contributed by atoms with E-state index < -0.39 is 17.4 Å². The molecule has 0 saturated carbocycles. The second-order valence-electron chi connectivity index (χ2n) is 6.38. The molecule has 4 rings (SSSR count). The molecule has 1 aliphatic rings. The summed E-state index contributed by atoms with van der Waals surface area (Å²) in [5, 5.41) is 9.82. The molecule has 0 bridgehead atoms. The molecule has 9 heteroatoms. The van der Waals surface area contributed by atoms with E-state index in [1.54, 1.807) is 55.1 Å². The maximum atomic E-state index is 13.1. The number of carbonyl (C=O) groups excluding carboxylic acids is 1. The third kappa shape index (κ3) is 3.09. The van der Waals surface area contributed by atoms with Crippen molar-refractivity contribution in [1.29, 1.82) is 5.26 Å². The fourth-order valence-electron chi connectivity index (χ4n) is 3.35. The van der Waals surface area contributed by atoms with Crippen LogP contribution in [0.1, 0.15) is 17.0 Å². The van der Waals surface area contributed by atoms with Gasteiger partial charge in [-0.05, 0) is 29.3 Å². The molecule has 3 aromatic rings. The summed E-state index contributed by atoms with van der Waals surface area (Å²) in [4.78, 5) is 34.0.